The van der Waals surface area contributed by atoms with Gasteiger partial charge in [0.2, 0.25) is 0 Å². The second kappa shape index (κ2) is 10.9. The van der Waals surface area contributed by atoms with Gasteiger partial charge in [0.1, 0.15) is 0 Å². The molecular weight excluding hydrogens is 332 g/mol. The monoisotopic (exact) mass is 362 g/mol. The predicted molar refractivity (Wildman–Crippen MR) is 106 cm³/mol. The zero-order valence-electron chi connectivity index (χ0n) is 15.5. The van der Waals surface area contributed by atoms with Crippen LogP contribution in [0.5, 0.6) is 0 Å². The number of aromatic nitrogens is 2. The molecule has 0 saturated carbocycles. The largest absolute Gasteiger partial charge is 0.356 e. The van der Waals surface area contributed by atoms with E-state index >= 15 is 0 Å². The molecule has 0 aliphatic rings. The summed E-state index contributed by atoms with van der Waals surface area (Å²) >= 11 is 1.75. The third kappa shape index (κ3) is 6.17. The summed E-state index contributed by atoms with van der Waals surface area (Å²) in [6, 6.07) is 4.53. The Kier molecular flexibility index (Phi) is 8.48. The smallest absolute Gasteiger partial charge is 0.191 e. The molecular formula is C18H30N6S. The molecule has 2 N–H and O–H groups in total. The Balaban J connectivity index is 1.80. The van der Waals surface area contributed by atoms with Crippen LogP contribution in [0.15, 0.2) is 40.3 Å². The molecule has 0 radical (unpaired) electrons. The molecule has 7 heteroatoms. The third-order valence-electron chi connectivity index (χ3n) is 4.28. The number of aryl methyl sites for hydroxylation is 1. The highest BCUT2D eigenvalue weighted by molar-refractivity contribution is 7.07. The molecule has 0 aromatic carbocycles. The topological polar surface area (TPSA) is 57.5 Å². The molecule has 0 spiro atoms. The van der Waals surface area contributed by atoms with Gasteiger partial charge in [-0.2, -0.15) is 16.4 Å². The fourth-order valence-electron chi connectivity index (χ4n) is 2.88. The van der Waals surface area contributed by atoms with Crippen LogP contribution in [0.2, 0.25) is 0 Å². The van der Waals surface area contributed by atoms with Gasteiger partial charge in [-0.1, -0.05) is 13.8 Å². The van der Waals surface area contributed by atoms with Crippen LogP contribution in [-0.2, 0) is 6.54 Å². The number of hydrogen-bond donors (Lipinski definition) is 2. The average Bonchev–Trinajstić information content (AvgIpc) is 3.34. The van der Waals surface area contributed by atoms with E-state index in [1.807, 2.05) is 30.2 Å². The maximum Gasteiger partial charge on any atom is 0.191 e. The molecule has 1 unspecified atom stereocenters. The summed E-state index contributed by atoms with van der Waals surface area (Å²) in [7, 11) is 1.82. The standard InChI is InChI=1S/C18H30N6S/c1-4-23(5-2)17(16-8-13-25-15-16)14-21-18(19-3)20-9-6-11-24-12-7-10-22-24/h7-8,10,12-13,15,17H,4-6,9,11,14H2,1-3H3,(H2,19,20,21). The zero-order chi connectivity index (χ0) is 17.9. The van der Waals surface area contributed by atoms with Crippen molar-refractivity contribution in [1.29, 1.82) is 0 Å². The number of nitrogens with one attached hydrogen (secondary N) is 2. The van der Waals surface area contributed by atoms with E-state index < -0.39 is 0 Å². The molecule has 0 fully saturated rings. The van der Waals surface area contributed by atoms with E-state index in [1.165, 1.54) is 5.56 Å². The van der Waals surface area contributed by atoms with E-state index in [9.17, 15) is 0 Å². The van der Waals surface area contributed by atoms with E-state index in [-0.39, 0.29) is 0 Å². The molecule has 2 heterocycles. The first-order valence-corrected chi connectivity index (χ1v) is 9.90. The van der Waals surface area contributed by atoms with Crippen LogP contribution in [0.4, 0.5) is 0 Å². The van der Waals surface area contributed by atoms with Crippen LogP contribution in [0.1, 0.15) is 31.9 Å². The van der Waals surface area contributed by atoms with Crippen LogP contribution in [-0.4, -0.2) is 53.9 Å². The summed E-state index contributed by atoms with van der Waals surface area (Å²) in [6.45, 7) is 9.12. The van der Waals surface area contributed by atoms with Crippen LogP contribution < -0.4 is 10.6 Å². The summed E-state index contributed by atoms with van der Waals surface area (Å²) in [4.78, 5) is 6.82. The Morgan fingerprint density at radius 1 is 1.36 bits per heavy atom. The minimum atomic E-state index is 0.365. The lowest BCUT2D eigenvalue weighted by Gasteiger charge is -2.30. The lowest BCUT2D eigenvalue weighted by Crippen LogP contribution is -2.43. The molecule has 2 aromatic rings. The fourth-order valence-corrected chi connectivity index (χ4v) is 3.59. The lowest BCUT2D eigenvalue weighted by atomic mass is 10.1. The van der Waals surface area contributed by atoms with Gasteiger partial charge in [0.05, 0.1) is 6.04 Å². The van der Waals surface area contributed by atoms with Gasteiger partial charge >= 0.3 is 0 Å². The van der Waals surface area contributed by atoms with Crippen molar-refractivity contribution in [2.24, 2.45) is 4.99 Å². The highest BCUT2D eigenvalue weighted by atomic mass is 32.1. The first kappa shape index (κ1) is 19.5. The van der Waals surface area contributed by atoms with Gasteiger partial charge in [0.25, 0.3) is 0 Å². The van der Waals surface area contributed by atoms with Gasteiger partial charge in [-0.05, 0) is 48.0 Å². The quantitative estimate of drug-likeness (QED) is 0.387. The SMILES string of the molecule is CCN(CC)C(CNC(=NC)NCCCn1cccn1)c1ccsc1. The van der Waals surface area contributed by atoms with Crippen LogP contribution in [0.3, 0.4) is 0 Å². The number of rotatable bonds is 10. The van der Waals surface area contributed by atoms with E-state index in [0.29, 0.717) is 6.04 Å². The van der Waals surface area contributed by atoms with Crippen molar-refractivity contribution in [3.05, 3.63) is 40.8 Å². The average molecular weight is 363 g/mol. The molecule has 0 aliphatic heterocycles. The third-order valence-corrected chi connectivity index (χ3v) is 4.98. The molecule has 2 aromatic heterocycles. The van der Waals surface area contributed by atoms with E-state index in [4.69, 9.17) is 0 Å². The maximum absolute atomic E-state index is 4.34. The second-order valence-corrected chi connectivity index (χ2v) is 6.58. The molecule has 138 valence electrons. The molecule has 1 atom stereocenters. The van der Waals surface area contributed by atoms with Crippen molar-refractivity contribution in [1.82, 2.24) is 25.3 Å². The van der Waals surface area contributed by atoms with E-state index in [1.54, 1.807) is 11.3 Å². The molecule has 0 aliphatic carbocycles. The van der Waals surface area contributed by atoms with Gasteiger partial charge in [-0.3, -0.25) is 14.6 Å². The Labute approximate surface area is 155 Å². The molecule has 0 saturated heterocycles. The van der Waals surface area contributed by atoms with Crippen LogP contribution in [0.25, 0.3) is 0 Å². The first-order chi connectivity index (χ1) is 12.3. The normalized spacial score (nSPS) is 13.2. The highest BCUT2D eigenvalue weighted by Gasteiger charge is 2.18. The number of thiophene rings is 1. The minimum Gasteiger partial charge on any atom is -0.356 e. The summed E-state index contributed by atoms with van der Waals surface area (Å²) in [6.07, 6.45) is 4.81. The van der Waals surface area contributed by atoms with Gasteiger partial charge in [0.15, 0.2) is 5.96 Å². The number of guanidine groups is 1. The Morgan fingerprint density at radius 2 is 2.20 bits per heavy atom. The zero-order valence-corrected chi connectivity index (χ0v) is 16.3. The van der Waals surface area contributed by atoms with Crippen molar-refractivity contribution in [3.63, 3.8) is 0 Å². The minimum absolute atomic E-state index is 0.365. The van der Waals surface area contributed by atoms with Crippen LogP contribution >= 0.6 is 11.3 Å². The van der Waals surface area contributed by atoms with Crippen molar-refractivity contribution in [3.8, 4) is 0 Å². The fraction of sp³-hybridized carbons (Fsp3) is 0.556. The van der Waals surface area contributed by atoms with Crippen molar-refractivity contribution < 1.29 is 0 Å². The molecule has 6 nitrogen and oxygen atoms in total. The molecule has 2 rings (SSSR count). The lowest BCUT2D eigenvalue weighted by molar-refractivity contribution is 0.219. The van der Waals surface area contributed by atoms with Crippen molar-refractivity contribution in [2.45, 2.75) is 32.9 Å². The number of likely N-dealkylation sites (N-methyl/N-ethyl adjacent to an activating group) is 1. The first-order valence-electron chi connectivity index (χ1n) is 8.96. The van der Waals surface area contributed by atoms with Gasteiger partial charge < -0.3 is 10.6 Å². The van der Waals surface area contributed by atoms with Gasteiger partial charge in [-0.15, -0.1) is 0 Å². The Bertz CT molecular complexity index is 589. The summed E-state index contributed by atoms with van der Waals surface area (Å²) in [5.74, 6) is 0.854. The number of hydrogen-bond acceptors (Lipinski definition) is 4. The highest BCUT2D eigenvalue weighted by Crippen LogP contribution is 2.22. The summed E-state index contributed by atoms with van der Waals surface area (Å²) in [5, 5.41) is 15.5. The van der Waals surface area contributed by atoms with E-state index in [0.717, 1.165) is 45.1 Å². The Morgan fingerprint density at radius 3 is 2.80 bits per heavy atom. The van der Waals surface area contributed by atoms with Crippen LogP contribution in [0, 0.1) is 0 Å². The van der Waals surface area contributed by atoms with Crippen molar-refractivity contribution >= 4 is 17.3 Å². The number of aliphatic imine (C=N–C) groups is 1. The Hall–Kier alpha value is -1.86. The summed E-state index contributed by atoms with van der Waals surface area (Å²) < 4.78 is 1.95. The molecule has 0 amide bonds. The second-order valence-electron chi connectivity index (χ2n) is 5.80. The number of nitrogens with zero attached hydrogens (tertiary/aromatic N) is 4. The van der Waals surface area contributed by atoms with Gasteiger partial charge in [0, 0.05) is 39.1 Å². The van der Waals surface area contributed by atoms with Gasteiger partial charge in [-0.25, -0.2) is 0 Å². The van der Waals surface area contributed by atoms with E-state index in [2.05, 4.69) is 56.3 Å². The van der Waals surface area contributed by atoms with Crippen molar-refractivity contribution in [2.75, 3.05) is 33.2 Å². The molecule has 25 heavy (non-hydrogen) atoms. The maximum atomic E-state index is 4.34. The summed E-state index contributed by atoms with van der Waals surface area (Å²) in [5.41, 5.74) is 1.37. The molecule has 0 bridgehead atoms. The predicted octanol–water partition coefficient (Wildman–Crippen LogP) is 2.58.